The first-order chi connectivity index (χ1) is 22.7. The van der Waals surface area contributed by atoms with Crippen molar-refractivity contribution in [2.24, 2.45) is 11.8 Å². The van der Waals surface area contributed by atoms with Gasteiger partial charge in [-0.25, -0.2) is 0 Å². The molecule has 2 fully saturated rings. The normalized spacial score (nSPS) is 30.2. The third-order valence-electron chi connectivity index (χ3n) is 9.69. The molecule has 2 N–H and O–H groups in total. The van der Waals surface area contributed by atoms with Crippen molar-refractivity contribution in [1.29, 1.82) is 0 Å². The molecule has 0 aromatic heterocycles. The van der Waals surface area contributed by atoms with Crippen molar-refractivity contribution in [1.82, 2.24) is 10.2 Å². The molecule has 4 heterocycles. The van der Waals surface area contributed by atoms with Gasteiger partial charge in [-0.15, -0.1) is 0 Å². The predicted molar refractivity (Wildman–Crippen MR) is 182 cm³/mol. The van der Waals surface area contributed by atoms with Crippen molar-refractivity contribution in [2.75, 3.05) is 49.1 Å². The lowest BCUT2D eigenvalue weighted by Gasteiger charge is -2.36. The highest BCUT2D eigenvalue weighted by Gasteiger charge is 2.74. The van der Waals surface area contributed by atoms with Gasteiger partial charge in [0, 0.05) is 55.1 Å². The Morgan fingerprint density at radius 3 is 2.45 bits per heavy atom. The summed E-state index contributed by atoms with van der Waals surface area (Å²) in [7, 11) is 0. The SMILES string of the molecule is CCN(CC)c1ccc(N2C/C=C\CCC(=O)NC[C@@H](C)OC(=O)[C@@H]3[C@H]4O[C@@]5(C=C4Br)[C@H](C2=O)N(CCCCCCO)C(=O)[C@@H]35)cc1. The van der Waals surface area contributed by atoms with Gasteiger partial charge in [-0.3, -0.25) is 19.2 Å². The standard InChI is InChI=1S/C35H47BrN4O7/c1-4-38(5-2)24-14-16-25(17-15-24)39-18-11-8-9-13-27(42)37-22-23(3)46-34(45)28-29-32(43)40(19-10-6-7-12-20-41)31(33(39)44)35(29)21-26(36)30(28)47-35/h8,11,14-17,21,23,28-31,41H,4-7,9-10,12-13,18-20,22H2,1-3H3,(H,37,42)/b11-8-/t23-,28+,29-,30+,31+,35-/m1/s1. The zero-order valence-electron chi connectivity index (χ0n) is 27.5. The third kappa shape index (κ3) is 7.00. The molecule has 2 saturated heterocycles. The predicted octanol–water partition coefficient (Wildman–Crippen LogP) is 3.69. The first-order valence-electron chi connectivity index (χ1n) is 16.9. The average Bonchev–Trinajstić information content (AvgIpc) is 3.65. The number of halogens is 1. The molecule has 1 aromatic rings. The minimum Gasteiger partial charge on any atom is -0.460 e. The fourth-order valence-electron chi connectivity index (χ4n) is 7.33. The molecule has 256 valence electrons. The van der Waals surface area contributed by atoms with Crippen molar-refractivity contribution < 1.29 is 33.8 Å². The molecule has 11 nitrogen and oxygen atoms in total. The number of hydrogen-bond donors (Lipinski definition) is 2. The van der Waals surface area contributed by atoms with Crippen molar-refractivity contribution >= 4 is 51.0 Å². The molecule has 4 aliphatic rings. The van der Waals surface area contributed by atoms with Gasteiger partial charge in [0.05, 0.1) is 12.5 Å². The van der Waals surface area contributed by atoms with Gasteiger partial charge in [0.25, 0.3) is 5.91 Å². The summed E-state index contributed by atoms with van der Waals surface area (Å²) in [6.07, 6.45) is 7.80. The van der Waals surface area contributed by atoms with Crippen LogP contribution >= 0.6 is 15.9 Å². The Bertz CT molecular complexity index is 1380. The topological polar surface area (TPSA) is 129 Å². The van der Waals surface area contributed by atoms with Gasteiger partial charge in [0.15, 0.2) is 0 Å². The summed E-state index contributed by atoms with van der Waals surface area (Å²) >= 11 is 3.59. The minimum atomic E-state index is -1.36. The van der Waals surface area contributed by atoms with Gasteiger partial charge in [-0.1, -0.05) is 40.9 Å². The number of fused-ring (bicyclic) bond motifs is 2. The van der Waals surface area contributed by atoms with E-state index in [1.54, 1.807) is 16.7 Å². The van der Waals surface area contributed by atoms with E-state index < -0.39 is 41.7 Å². The highest BCUT2D eigenvalue weighted by Crippen LogP contribution is 2.59. The number of aliphatic hydroxyl groups excluding tert-OH is 1. The van der Waals surface area contributed by atoms with Crippen LogP contribution in [0.25, 0.3) is 0 Å². The monoisotopic (exact) mass is 714 g/mol. The van der Waals surface area contributed by atoms with E-state index in [0.29, 0.717) is 36.0 Å². The number of hydrogen-bond acceptors (Lipinski definition) is 8. The molecule has 5 rings (SSSR count). The molecule has 0 unspecified atom stereocenters. The molecular formula is C35H47BrN4O7. The third-order valence-corrected chi connectivity index (χ3v) is 10.4. The molecular weight excluding hydrogens is 668 g/mol. The number of aliphatic hydroxyl groups is 1. The van der Waals surface area contributed by atoms with Crippen LogP contribution < -0.4 is 15.1 Å². The number of anilines is 2. The van der Waals surface area contributed by atoms with E-state index in [1.165, 1.54) is 0 Å². The highest BCUT2D eigenvalue weighted by molar-refractivity contribution is 9.11. The van der Waals surface area contributed by atoms with Crippen molar-refractivity contribution in [2.45, 2.75) is 83.1 Å². The largest absolute Gasteiger partial charge is 0.460 e. The maximum absolute atomic E-state index is 15.0. The molecule has 5 bridgehead atoms. The Labute approximate surface area is 285 Å². The number of benzene rings is 1. The van der Waals surface area contributed by atoms with Gasteiger partial charge in [-0.2, -0.15) is 0 Å². The highest BCUT2D eigenvalue weighted by atomic mass is 79.9. The molecule has 0 aliphatic carbocycles. The lowest BCUT2D eigenvalue weighted by molar-refractivity contribution is -0.158. The van der Waals surface area contributed by atoms with Gasteiger partial charge in [0.2, 0.25) is 11.8 Å². The van der Waals surface area contributed by atoms with Gasteiger partial charge < -0.3 is 34.6 Å². The number of amides is 3. The Morgan fingerprint density at radius 2 is 1.74 bits per heavy atom. The fourth-order valence-corrected chi connectivity index (χ4v) is 8.07. The Morgan fingerprint density at radius 1 is 1.02 bits per heavy atom. The van der Waals surface area contributed by atoms with Crippen molar-refractivity contribution in [3.05, 3.63) is 47.0 Å². The number of esters is 1. The van der Waals surface area contributed by atoms with Gasteiger partial charge >= 0.3 is 5.97 Å². The average molecular weight is 716 g/mol. The number of allylic oxidation sites excluding steroid dienone is 1. The molecule has 12 heteroatoms. The number of nitrogens with one attached hydrogen (secondary N) is 1. The van der Waals surface area contributed by atoms with Crippen molar-refractivity contribution in [3.63, 3.8) is 0 Å². The number of carbonyl (C=O) groups excluding carboxylic acids is 4. The second-order valence-electron chi connectivity index (χ2n) is 12.7. The molecule has 0 radical (unpaired) electrons. The van der Waals surface area contributed by atoms with Crippen LogP contribution in [-0.4, -0.2) is 96.9 Å². The Hall–Kier alpha value is -3.22. The number of likely N-dealkylation sites (tertiary alicyclic amines) is 1. The maximum Gasteiger partial charge on any atom is 0.313 e. The number of cyclic esters (lactones) is 1. The van der Waals surface area contributed by atoms with Crippen LogP contribution in [0.15, 0.2) is 47.0 Å². The van der Waals surface area contributed by atoms with E-state index in [2.05, 4.69) is 40.0 Å². The van der Waals surface area contributed by atoms with E-state index >= 15 is 0 Å². The molecule has 0 saturated carbocycles. The van der Waals surface area contributed by atoms with E-state index in [4.69, 9.17) is 9.47 Å². The van der Waals surface area contributed by atoms with Gasteiger partial charge in [0.1, 0.15) is 29.8 Å². The smallest absolute Gasteiger partial charge is 0.313 e. The lowest BCUT2D eigenvalue weighted by Crippen LogP contribution is -2.56. The van der Waals surface area contributed by atoms with E-state index in [9.17, 15) is 24.3 Å². The lowest BCUT2D eigenvalue weighted by atomic mass is 9.74. The van der Waals surface area contributed by atoms with Crippen LogP contribution in [0.1, 0.15) is 59.3 Å². The number of ether oxygens (including phenoxy) is 2. The van der Waals surface area contributed by atoms with Crippen LogP contribution in [0.2, 0.25) is 0 Å². The maximum atomic E-state index is 15.0. The number of nitrogens with zero attached hydrogens (tertiary/aromatic N) is 3. The summed E-state index contributed by atoms with van der Waals surface area (Å²) in [5.74, 6) is -3.26. The van der Waals surface area contributed by atoms with Gasteiger partial charge in [-0.05, 0) is 70.4 Å². The van der Waals surface area contributed by atoms with E-state index in [-0.39, 0.29) is 43.8 Å². The number of unbranched alkanes of at least 4 members (excludes halogenated alkanes) is 3. The number of rotatable bonds is 10. The fraction of sp³-hybridized carbons (Fsp3) is 0.600. The molecule has 47 heavy (non-hydrogen) atoms. The second-order valence-corrected chi connectivity index (χ2v) is 13.6. The molecule has 6 atom stereocenters. The molecule has 3 amide bonds. The molecule has 1 aromatic carbocycles. The molecule has 4 aliphatic heterocycles. The summed E-state index contributed by atoms with van der Waals surface area (Å²) in [6.45, 7) is 8.36. The van der Waals surface area contributed by atoms with Crippen LogP contribution in [0, 0.1) is 11.8 Å². The second kappa shape index (κ2) is 15.3. The zero-order valence-corrected chi connectivity index (χ0v) is 29.1. The summed E-state index contributed by atoms with van der Waals surface area (Å²) in [4.78, 5) is 61.1. The van der Waals surface area contributed by atoms with Crippen LogP contribution in [0.5, 0.6) is 0 Å². The zero-order chi connectivity index (χ0) is 33.7. The van der Waals surface area contributed by atoms with Crippen molar-refractivity contribution in [3.8, 4) is 0 Å². The van der Waals surface area contributed by atoms with Crippen LogP contribution in [0.3, 0.4) is 0 Å². The summed E-state index contributed by atoms with van der Waals surface area (Å²) < 4.78 is 13.0. The summed E-state index contributed by atoms with van der Waals surface area (Å²) in [6, 6.07) is 6.81. The summed E-state index contributed by atoms with van der Waals surface area (Å²) in [5.41, 5.74) is 0.348. The first-order valence-corrected chi connectivity index (χ1v) is 17.7. The molecule has 1 spiro atoms. The Balaban J connectivity index is 1.57. The summed E-state index contributed by atoms with van der Waals surface area (Å²) in [5, 5.41) is 12.1. The Kier molecular flexibility index (Phi) is 11.5. The first kappa shape index (κ1) is 35.1. The minimum absolute atomic E-state index is 0.102. The van der Waals surface area contributed by atoms with E-state index in [0.717, 1.165) is 31.6 Å². The van der Waals surface area contributed by atoms with Crippen LogP contribution in [0.4, 0.5) is 11.4 Å². The van der Waals surface area contributed by atoms with E-state index in [1.807, 2.05) is 42.5 Å². The van der Waals surface area contributed by atoms with Crippen LogP contribution in [-0.2, 0) is 28.7 Å². The quantitative estimate of drug-likeness (QED) is 0.214. The number of carbonyl (C=O) groups is 4.